The molecule has 2 aromatic rings. The van der Waals surface area contributed by atoms with Gasteiger partial charge in [-0.3, -0.25) is 0 Å². The van der Waals surface area contributed by atoms with Gasteiger partial charge < -0.3 is 15.2 Å². The van der Waals surface area contributed by atoms with Gasteiger partial charge in [-0.25, -0.2) is 0 Å². The summed E-state index contributed by atoms with van der Waals surface area (Å²) in [6.07, 6.45) is 4.77. The highest BCUT2D eigenvalue weighted by Gasteiger charge is 2.20. The number of nitrogens with zero attached hydrogens (tertiary/aromatic N) is 3. The van der Waals surface area contributed by atoms with Crippen LogP contribution in [-0.4, -0.2) is 23.2 Å². The van der Waals surface area contributed by atoms with E-state index in [4.69, 9.17) is 33.5 Å². The molecule has 3 rings (SSSR count). The second kappa shape index (κ2) is 6.12. The third-order valence-electron chi connectivity index (χ3n) is 3.66. The molecule has 1 aliphatic rings. The van der Waals surface area contributed by atoms with E-state index in [2.05, 4.69) is 15.0 Å². The van der Waals surface area contributed by atoms with Crippen molar-refractivity contribution >= 4 is 34.8 Å². The van der Waals surface area contributed by atoms with Gasteiger partial charge in [0, 0.05) is 13.1 Å². The molecular weight excluding hydrogens is 311 g/mol. The fourth-order valence-electron chi connectivity index (χ4n) is 2.50. The Balaban J connectivity index is 1.93. The maximum atomic E-state index is 6.18. The minimum absolute atomic E-state index is 0.305. The van der Waals surface area contributed by atoms with Crippen molar-refractivity contribution in [2.75, 3.05) is 23.7 Å². The van der Waals surface area contributed by atoms with Crippen molar-refractivity contribution in [1.82, 2.24) is 10.1 Å². The number of rotatable bonds is 2. The van der Waals surface area contributed by atoms with Gasteiger partial charge in [-0.05, 0) is 30.1 Å². The zero-order valence-corrected chi connectivity index (χ0v) is 13.0. The molecule has 1 saturated heterocycles. The number of hydrogen-bond acceptors (Lipinski definition) is 5. The number of hydrogen-bond donors (Lipinski definition) is 1. The minimum Gasteiger partial charge on any atom is -0.397 e. The number of benzene rings is 1. The number of anilines is 2. The molecule has 1 fully saturated rings. The summed E-state index contributed by atoms with van der Waals surface area (Å²) in [6.45, 7) is 1.88. The lowest BCUT2D eigenvalue weighted by Crippen LogP contribution is -2.24. The van der Waals surface area contributed by atoms with Crippen LogP contribution < -0.4 is 10.6 Å². The highest BCUT2D eigenvalue weighted by Crippen LogP contribution is 2.37. The van der Waals surface area contributed by atoms with Crippen LogP contribution in [0.3, 0.4) is 0 Å². The Hall–Kier alpha value is -1.46. The highest BCUT2D eigenvalue weighted by atomic mass is 35.5. The van der Waals surface area contributed by atoms with Gasteiger partial charge in [0.1, 0.15) is 0 Å². The summed E-state index contributed by atoms with van der Waals surface area (Å²) in [6, 6.07) is 3.32. The first-order valence-electron chi connectivity index (χ1n) is 6.99. The van der Waals surface area contributed by atoms with E-state index >= 15 is 0 Å². The van der Waals surface area contributed by atoms with Gasteiger partial charge >= 0.3 is 0 Å². The van der Waals surface area contributed by atoms with Crippen LogP contribution in [0.2, 0.25) is 10.0 Å². The molecule has 1 aromatic heterocycles. The highest BCUT2D eigenvalue weighted by molar-refractivity contribution is 6.37. The van der Waals surface area contributed by atoms with E-state index in [0.717, 1.165) is 25.9 Å². The first-order valence-corrected chi connectivity index (χ1v) is 7.75. The van der Waals surface area contributed by atoms with E-state index in [1.54, 1.807) is 12.1 Å². The van der Waals surface area contributed by atoms with Gasteiger partial charge in [-0.15, -0.1) is 0 Å². The standard InChI is InChI=1S/C14H16Cl2N4O/c15-9-5-6-10(16)12(17)11(9)13-18-14(19-21-13)20-7-3-1-2-4-8-20/h5-6H,1-4,7-8,17H2. The lowest BCUT2D eigenvalue weighted by molar-refractivity contribution is 0.429. The van der Waals surface area contributed by atoms with Crippen LogP contribution in [0, 0.1) is 0 Å². The van der Waals surface area contributed by atoms with Gasteiger partial charge in [-0.2, -0.15) is 4.98 Å². The fraction of sp³-hybridized carbons (Fsp3) is 0.429. The summed E-state index contributed by atoms with van der Waals surface area (Å²) in [5, 5.41) is 4.92. The Morgan fingerprint density at radius 1 is 1.05 bits per heavy atom. The van der Waals surface area contributed by atoms with E-state index in [0.29, 0.717) is 33.1 Å². The van der Waals surface area contributed by atoms with Crippen LogP contribution >= 0.6 is 23.2 Å². The van der Waals surface area contributed by atoms with Crippen molar-refractivity contribution in [1.29, 1.82) is 0 Å². The molecule has 5 nitrogen and oxygen atoms in total. The summed E-state index contributed by atoms with van der Waals surface area (Å²) < 4.78 is 5.34. The Kier molecular flexibility index (Phi) is 4.22. The third kappa shape index (κ3) is 2.94. The second-order valence-electron chi connectivity index (χ2n) is 5.12. The smallest absolute Gasteiger partial charge is 0.266 e. The Labute approximate surface area is 133 Å². The van der Waals surface area contributed by atoms with Gasteiger partial charge in [-0.1, -0.05) is 36.0 Å². The summed E-state index contributed by atoms with van der Waals surface area (Å²) >= 11 is 12.2. The molecular formula is C14H16Cl2N4O. The number of halogens is 2. The van der Waals surface area contributed by atoms with E-state index < -0.39 is 0 Å². The molecule has 112 valence electrons. The Morgan fingerprint density at radius 3 is 2.43 bits per heavy atom. The van der Waals surface area contributed by atoms with Crippen LogP contribution in [0.4, 0.5) is 11.6 Å². The molecule has 1 aromatic carbocycles. The first-order chi connectivity index (χ1) is 10.2. The maximum absolute atomic E-state index is 6.18. The molecule has 21 heavy (non-hydrogen) atoms. The monoisotopic (exact) mass is 326 g/mol. The predicted molar refractivity (Wildman–Crippen MR) is 84.8 cm³/mol. The summed E-state index contributed by atoms with van der Waals surface area (Å²) in [5.74, 6) is 0.890. The quantitative estimate of drug-likeness (QED) is 0.844. The topological polar surface area (TPSA) is 68.2 Å². The van der Waals surface area contributed by atoms with Crippen molar-refractivity contribution < 1.29 is 4.52 Å². The van der Waals surface area contributed by atoms with E-state index in [1.807, 2.05) is 0 Å². The van der Waals surface area contributed by atoms with E-state index in [-0.39, 0.29) is 0 Å². The average molecular weight is 327 g/mol. The molecule has 0 spiro atoms. The summed E-state index contributed by atoms with van der Waals surface area (Å²) in [4.78, 5) is 6.57. The molecule has 1 aliphatic heterocycles. The summed E-state index contributed by atoms with van der Waals surface area (Å²) in [5.41, 5.74) is 6.82. The number of aromatic nitrogens is 2. The SMILES string of the molecule is Nc1c(Cl)ccc(Cl)c1-c1nc(N2CCCCCC2)no1. The molecule has 0 atom stereocenters. The largest absolute Gasteiger partial charge is 0.397 e. The van der Waals surface area contributed by atoms with Crippen molar-refractivity contribution in [2.45, 2.75) is 25.7 Å². The second-order valence-corrected chi connectivity index (χ2v) is 5.93. The zero-order chi connectivity index (χ0) is 14.8. The Bertz CT molecular complexity index is 636. The fourth-order valence-corrected chi connectivity index (χ4v) is 2.90. The average Bonchev–Trinajstić information content (AvgIpc) is 2.78. The first kappa shape index (κ1) is 14.5. The van der Waals surface area contributed by atoms with Gasteiger partial charge in [0.2, 0.25) is 0 Å². The predicted octanol–water partition coefficient (Wildman–Crippen LogP) is 4.01. The van der Waals surface area contributed by atoms with E-state index in [9.17, 15) is 0 Å². The van der Waals surface area contributed by atoms with Crippen molar-refractivity contribution in [3.63, 3.8) is 0 Å². The molecule has 0 amide bonds. The molecule has 0 radical (unpaired) electrons. The van der Waals surface area contributed by atoms with Crippen LogP contribution in [0.15, 0.2) is 16.7 Å². The molecule has 0 aliphatic carbocycles. The normalized spacial score (nSPS) is 16.0. The lowest BCUT2D eigenvalue weighted by Gasteiger charge is -2.16. The molecule has 0 unspecified atom stereocenters. The zero-order valence-electron chi connectivity index (χ0n) is 11.5. The van der Waals surface area contributed by atoms with E-state index in [1.165, 1.54) is 12.8 Å². The summed E-state index contributed by atoms with van der Waals surface area (Å²) in [7, 11) is 0. The maximum Gasteiger partial charge on any atom is 0.266 e. The van der Waals surface area contributed by atoms with Crippen molar-refractivity contribution in [3.05, 3.63) is 22.2 Å². The molecule has 2 heterocycles. The number of nitrogen functional groups attached to an aromatic ring is 1. The van der Waals surface area contributed by atoms with Crippen LogP contribution in [0.5, 0.6) is 0 Å². The van der Waals surface area contributed by atoms with Gasteiger partial charge in [0.05, 0.1) is 21.3 Å². The van der Waals surface area contributed by atoms with Gasteiger partial charge in [0.15, 0.2) is 0 Å². The van der Waals surface area contributed by atoms with Crippen molar-refractivity contribution in [3.8, 4) is 11.5 Å². The van der Waals surface area contributed by atoms with Crippen molar-refractivity contribution in [2.24, 2.45) is 0 Å². The molecule has 7 heteroatoms. The van der Waals surface area contributed by atoms with Crippen LogP contribution in [-0.2, 0) is 0 Å². The lowest BCUT2D eigenvalue weighted by atomic mass is 10.2. The van der Waals surface area contributed by atoms with Crippen LogP contribution in [0.1, 0.15) is 25.7 Å². The minimum atomic E-state index is 0.305. The Morgan fingerprint density at radius 2 is 1.71 bits per heavy atom. The molecule has 0 bridgehead atoms. The van der Waals surface area contributed by atoms with Gasteiger partial charge in [0.25, 0.3) is 11.8 Å². The van der Waals surface area contributed by atoms with Crippen LogP contribution in [0.25, 0.3) is 11.5 Å². The number of nitrogens with two attached hydrogens (primary N) is 1. The molecule has 2 N–H and O–H groups in total. The molecule has 0 saturated carbocycles. The third-order valence-corrected chi connectivity index (χ3v) is 4.30.